The van der Waals surface area contributed by atoms with E-state index in [1.54, 1.807) is 24.3 Å². The molecule has 0 atom stereocenters. The Labute approximate surface area is 105 Å². The average Bonchev–Trinajstić information content (AvgIpc) is 2.42. The number of nitrogens with one attached hydrogen (secondary N) is 2. The molecule has 98 valence electrons. The minimum Gasteiger partial charge on any atom is -0.453 e. The van der Waals surface area contributed by atoms with E-state index in [9.17, 15) is 9.59 Å². The molecule has 0 aliphatic carbocycles. The fourth-order valence-corrected chi connectivity index (χ4v) is 1.31. The minimum atomic E-state index is -0.486. The fourth-order valence-electron chi connectivity index (χ4n) is 1.31. The van der Waals surface area contributed by atoms with Crippen LogP contribution in [-0.4, -0.2) is 32.2 Å². The predicted molar refractivity (Wildman–Crippen MR) is 67.1 cm³/mol. The molecule has 0 heterocycles. The summed E-state index contributed by atoms with van der Waals surface area (Å²) in [7, 11) is 1.31. The quantitative estimate of drug-likeness (QED) is 0.698. The van der Waals surface area contributed by atoms with Crippen molar-refractivity contribution >= 4 is 12.0 Å². The molecule has 0 aliphatic heterocycles. The second kappa shape index (κ2) is 7.29. The lowest BCUT2D eigenvalue weighted by Crippen LogP contribution is -2.29. The van der Waals surface area contributed by atoms with Gasteiger partial charge in [0.2, 0.25) is 0 Å². The predicted octanol–water partition coefficient (Wildman–Crippen LogP) is 0.231. The van der Waals surface area contributed by atoms with Gasteiger partial charge in [0.05, 0.1) is 7.11 Å². The topological polar surface area (TPSA) is 93.4 Å². The molecule has 0 saturated heterocycles. The Bertz CT molecular complexity index is 404. The molecule has 0 saturated carbocycles. The number of carbonyl (C=O) groups excluding carboxylic acids is 2. The molecule has 1 rings (SSSR count). The van der Waals surface area contributed by atoms with Crippen molar-refractivity contribution in [2.24, 2.45) is 5.73 Å². The lowest BCUT2D eigenvalue weighted by atomic mass is 10.1. The van der Waals surface area contributed by atoms with Crippen LogP contribution in [0.3, 0.4) is 0 Å². The van der Waals surface area contributed by atoms with Gasteiger partial charge in [-0.05, 0) is 17.7 Å². The zero-order chi connectivity index (χ0) is 13.4. The largest absolute Gasteiger partial charge is 0.453 e. The van der Waals surface area contributed by atoms with Crippen molar-refractivity contribution in [2.45, 2.75) is 6.54 Å². The number of amides is 2. The van der Waals surface area contributed by atoms with E-state index in [1.807, 2.05) is 0 Å². The minimum absolute atomic E-state index is 0.159. The first kappa shape index (κ1) is 14.0. The highest BCUT2D eigenvalue weighted by Crippen LogP contribution is 2.04. The Morgan fingerprint density at radius 3 is 2.44 bits per heavy atom. The number of methoxy groups -OCH3 is 1. The zero-order valence-corrected chi connectivity index (χ0v) is 10.2. The Hall–Kier alpha value is -2.08. The summed E-state index contributed by atoms with van der Waals surface area (Å²) in [6, 6.07) is 6.93. The van der Waals surface area contributed by atoms with Crippen LogP contribution in [0.1, 0.15) is 15.9 Å². The van der Waals surface area contributed by atoms with Gasteiger partial charge in [-0.3, -0.25) is 4.79 Å². The second-order valence-corrected chi connectivity index (χ2v) is 3.59. The Balaban J connectivity index is 2.51. The molecule has 0 unspecified atom stereocenters. The van der Waals surface area contributed by atoms with Gasteiger partial charge in [0.15, 0.2) is 0 Å². The lowest BCUT2D eigenvalue weighted by molar-refractivity contribution is 0.0954. The first-order valence-corrected chi connectivity index (χ1v) is 5.56. The van der Waals surface area contributed by atoms with Gasteiger partial charge in [-0.1, -0.05) is 12.1 Å². The number of carbonyl (C=O) groups is 2. The third kappa shape index (κ3) is 4.42. The summed E-state index contributed by atoms with van der Waals surface area (Å²) in [4.78, 5) is 22.4. The van der Waals surface area contributed by atoms with Crippen LogP contribution >= 0.6 is 0 Å². The highest BCUT2D eigenvalue weighted by Gasteiger charge is 2.04. The molecule has 0 bridgehead atoms. The third-order valence-electron chi connectivity index (χ3n) is 2.27. The Morgan fingerprint density at radius 1 is 1.22 bits per heavy atom. The summed E-state index contributed by atoms with van der Waals surface area (Å²) in [5, 5.41) is 5.23. The molecule has 6 nitrogen and oxygen atoms in total. The first-order chi connectivity index (χ1) is 8.67. The molecule has 6 heteroatoms. The lowest BCUT2D eigenvalue weighted by Gasteiger charge is -2.06. The summed E-state index contributed by atoms with van der Waals surface area (Å²) < 4.78 is 4.45. The molecular formula is C12H17N3O3. The van der Waals surface area contributed by atoms with Gasteiger partial charge in [0.25, 0.3) is 5.91 Å². The van der Waals surface area contributed by atoms with Crippen LogP contribution in [-0.2, 0) is 11.3 Å². The van der Waals surface area contributed by atoms with E-state index in [-0.39, 0.29) is 5.91 Å². The number of alkyl carbamates (subject to hydrolysis) is 1. The van der Waals surface area contributed by atoms with Crippen molar-refractivity contribution in [3.63, 3.8) is 0 Å². The summed E-state index contributed by atoms with van der Waals surface area (Å²) >= 11 is 0. The molecule has 0 aromatic heterocycles. The van der Waals surface area contributed by atoms with Crippen LogP contribution in [0.5, 0.6) is 0 Å². The molecule has 2 amide bonds. The standard InChI is InChI=1S/C12H17N3O3/c1-18-12(17)15-8-9-2-4-10(5-3-9)11(16)14-7-6-13/h2-5H,6-8,13H2,1H3,(H,14,16)(H,15,17). The molecule has 1 aromatic carbocycles. The van der Waals surface area contributed by atoms with Gasteiger partial charge in [-0.15, -0.1) is 0 Å². The molecule has 0 fully saturated rings. The van der Waals surface area contributed by atoms with E-state index in [2.05, 4.69) is 15.4 Å². The van der Waals surface area contributed by atoms with E-state index in [1.165, 1.54) is 7.11 Å². The highest BCUT2D eigenvalue weighted by atomic mass is 16.5. The monoisotopic (exact) mass is 251 g/mol. The fraction of sp³-hybridized carbons (Fsp3) is 0.333. The molecule has 1 aromatic rings. The van der Waals surface area contributed by atoms with Crippen LogP contribution in [0.15, 0.2) is 24.3 Å². The van der Waals surface area contributed by atoms with Crippen molar-refractivity contribution in [3.05, 3.63) is 35.4 Å². The third-order valence-corrected chi connectivity index (χ3v) is 2.27. The number of ether oxygens (including phenoxy) is 1. The second-order valence-electron chi connectivity index (χ2n) is 3.59. The number of hydrogen-bond acceptors (Lipinski definition) is 4. The van der Waals surface area contributed by atoms with E-state index >= 15 is 0 Å². The van der Waals surface area contributed by atoms with Gasteiger partial charge < -0.3 is 21.1 Å². The van der Waals surface area contributed by atoms with Crippen molar-refractivity contribution < 1.29 is 14.3 Å². The van der Waals surface area contributed by atoms with Crippen molar-refractivity contribution in [3.8, 4) is 0 Å². The van der Waals surface area contributed by atoms with Crippen molar-refractivity contribution in [2.75, 3.05) is 20.2 Å². The van der Waals surface area contributed by atoms with Crippen LogP contribution in [0.4, 0.5) is 4.79 Å². The van der Waals surface area contributed by atoms with Crippen LogP contribution < -0.4 is 16.4 Å². The van der Waals surface area contributed by atoms with Crippen LogP contribution in [0.25, 0.3) is 0 Å². The number of hydrogen-bond donors (Lipinski definition) is 3. The summed E-state index contributed by atoms with van der Waals surface area (Å²) in [5.74, 6) is -0.159. The molecule has 0 spiro atoms. The van der Waals surface area contributed by atoms with Crippen LogP contribution in [0.2, 0.25) is 0 Å². The number of nitrogens with two attached hydrogens (primary N) is 1. The highest BCUT2D eigenvalue weighted by molar-refractivity contribution is 5.94. The molecule has 4 N–H and O–H groups in total. The maximum absolute atomic E-state index is 11.6. The summed E-state index contributed by atoms with van der Waals surface area (Å²) in [6.45, 7) is 1.22. The van der Waals surface area contributed by atoms with Crippen LogP contribution in [0, 0.1) is 0 Å². The van der Waals surface area contributed by atoms with E-state index < -0.39 is 6.09 Å². The smallest absolute Gasteiger partial charge is 0.407 e. The SMILES string of the molecule is COC(=O)NCc1ccc(C(=O)NCCN)cc1. The Kier molecular flexibility index (Phi) is 5.66. The van der Waals surface area contributed by atoms with E-state index in [0.29, 0.717) is 25.2 Å². The summed E-state index contributed by atoms with van der Waals surface area (Å²) in [5.41, 5.74) is 6.74. The van der Waals surface area contributed by atoms with Crippen molar-refractivity contribution in [1.29, 1.82) is 0 Å². The van der Waals surface area contributed by atoms with Gasteiger partial charge in [-0.2, -0.15) is 0 Å². The number of rotatable bonds is 5. The molecule has 0 radical (unpaired) electrons. The van der Waals surface area contributed by atoms with Crippen molar-refractivity contribution in [1.82, 2.24) is 10.6 Å². The van der Waals surface area contributed by atoms with Gasteiger partial charge in [0, 0.05) is 25.2 Å². The van der Waals surface area contributed by atoms with Gasteiger partial charge in [-0.25, -0.2) is 4.79 Å². The zero-order valence-electron chi connectivity index (χ0n) is 10.2. The molecular weight excluding hydrogens is 234 g/mol. The first-order valence-electron chi connectivity index (χ1n) is 5.56. The molecule has 0 aliphatic rings. The molecule has 18 heavy (non-hydrogen) atoms. The van der Waals surface area contributed by atoms with E-state index in [4.69, 9.17) is 5.73 Å². The average molecular weight is 251 g/mol. The van der Waals surface area contributed by atoms with E-state index in [0.717, 1.165) is 5.56 Å². The maximum Gasteiger partial charge on any atom is 0.407 e. The normalized spacial score (nSPS) is 9.67. The Morgan fingerprint density at radius 2 is 1.89 bits per heavy atom. The summed E-state index contributed by atoms with van der Waals surface area (Å²) in [6.07, 6.45) is -0.486. The van der Waals surface area contributed by atoms with Gasteiger partial charge in [0.1, 0.15) is 0 Å². The maximum atomic E-state index is 11.6. The number of benzene rings is 1. The van der Waals surface area contributed by atoms with Gasteiger partial charge >= 0.3 is 6.09 Å².